The summed E-state index contributed by atoms with van der Waals surface area (Å²) < 4.78 is 6.97. The van der Waals surface area contributed by atoms with E-state index in [1.165, 1.54) is 0 Å². The Labute approximate surface area is 140 Å². The van der Waals surface area contributed by atoms with Gasteiger partial charge >= 0.3 is 0 Å². The van der Waals surface area contributed by atoms with E-state index in [2.05, 4.69) is 15.6 Å². The molecule has 1 aliphatic heterocycles. The first-order chi connectivity index (χ1) is 11.4. The van der Waals surface area contributed by atoms with Crippen LogP contribution in [0.3, 0.4) is 0 Å². The number of amides is 1. The lowest BCUT2D eigenvalue weighted by atomic mass is 9.94. The molecule has 0 unspecified atom stereocenters. The topological polar surface area (TPSA) is 77.7 Å². The van der Waals surface area contributed by atoms with Crippen molar-refractivity contribution in [2.24, 2.45) is 12.2 Å². The van der Waals surface area contributed by atoms with E-state index in [1.807, 2.05) is 31.2 Å². The van der Waals surface area contributed by atoms with Crippen molar-refractivity contribution in [1.82, 2.24) is 9.78 Å². The van der Waals surface area contributed by atoms with Crippen LogP contribution in [0.5, 0.6) is 5.75 Å². The Balaban J connectivity index is 1.77. The van der Waals surface area contributed by atoms with Gasteiger partial charge in [0.2, 0.25) is 5.60 Å². The average molecular weight is 328 g/mol. The Kier molecular flexibility index (Phi) is 4.01. The molecule has 0 saturated carbocycles. The molecule has 1 aromatic heterocycles. The number of para-hydroxylation sites is 1. The Morgan fingerprint density at radius 1 is 1.42 bits per heavy atom. The van der Waals surface area contributed by atoms with Gasteiger partial charge < -0.3 is 14.9 Å². The van der Waals surface area contributed by atoms with Crippen LogP contribution in [0, 0.1) is 6.92 Å². The number of oxime groups is 1. The van der Waals surface area contributed by atoms with Gasteiger partial charge in [-0.3, -0.25) is 9.48 Å². The van der Waals surface area contributed by atoms with Crippen molar-refractivity contribution in [1.29, 1.82) is 0 Å². The van der Waals surface area contributed by atoms with Gasteiger partial charge in [-0.15, -0.1) is 0 Å². The number of nitrogens with zero attached hydrogens (tertiary/aromatic N) is 3. The summed E-state index contributed by atoms with van der Waals surface area (Å²) in [7, 11) is 3.38. The van der Waals surface area contributed by atoms with Crippen LogP contribution in [-0.2, 0) is 16.7 Å². The van der Waals surface area contributed by atoms with Gasteiger partial charge in [-0.2, -0.15) is 5.10 Å². The molecule has 0 radical (unpaired) electrons. The lowest BCUT2D eigenvalue weighted by molar-refractivity contribution is -0.136. The molecule has 2 aromatic rings. The number of benzene rings is 1. The number of anilines is 1. The fraction of sp³-hybridized carbons (Fsp3) is 0.353. The molecular weight excluding hydrogens is 308 g/mol. The van der Waals surface area contributed by atoms with Crippen LogP contribution in [0.1, 0.15) is 24.6 Å². The normalized spacial score (nSPS) is 19.6. The van der Waals surface area contributed by atoms with Crippen LogP contribution >= 0.6 is 0 Å². The standard InChI is InChI=1S/C17H20N4O3/c1-11-9-15(21(3)19-11)18-16(22)17(2)10-13(20-24-17)12-7-5-6-8-14(12)23-4/h5-9H,10H2,1-4H3,(H,18,22)/t17-/m1/s1. The van der Waals surface area contributed by atoms with Crippen LogP contribution in [0.15, 0.2) is 35.5 Å². The highest BCUT2D eigenvalue weighted by Gasteiger charge is 2.43. The van der Waals surface area contributed by atoms with E-state index in [1.54, 1.807) is 31.8 Å². The molecule has 0 saturated heterocycles. The second kappa shape index (κ2) is 5.99. The van der Waals surface area contributed by atoms with Crippen LogP contribution in [0.2, 0.25) is 0 Å². The van der Waals surface area contributed by atoms with Crippen molar-refractivity contribution in [2.75, 3.05) is 12.4 Å². The number of carbonyl (C=O) groups excluding carboxylic acids is 1. The average Bonchev–Trinajstić information content (AvgIpc) is 3.11. The van der Waals surface area contributed by atoms with Gasteiger partial charge in [-0.05, 0) is 26.0 Å². The molecule has 0 bridgehead atoms. The largest absolute Gasteiger partial charge is 0.496 e. The van der Waals surface area contributed by atoms with E-state index in [0.717, 1.165) is 11.3 Å². The summed E-state index contributed by atoms with van der Waals surface area (Å²) in [6.45, 7) is 3.59. The summed E-state index contributed by atoms with van der Waals surface area (Å²) >= 11 is 0. The number of rotatable bonds is 4. The number of hydrogen-bond donors (Lipinski definition) is 1. The molecule has 0 aliphatic carbocycles. The molecule has 7 nitrogen and oxygen atoms in total. The number of aryl methyl sites for hydroxylation is 2. The molecule has 1 atom stereocenters. The summed E-state index contributed by atoms with van der Waals surface area (Å²) in [5.41, 5.74) is 1.27. The predicted molar refractivity (Wildman–Crippen MR) is 90.2 cm³/mol. The number of carbonyl (C=O) groups is 1. The molecule has 7 heteroatoms. The first-order valence-corrected chi connectivity index (χ1v) is 7.63. The summed E-state index contributed by atoms with van der Waals surface area (Å²) in [5, 5.41) is 11.2. The third kappa shape index (κ3) is 2.84. The van der Waals surface area contributed by atoms with E-state index < -0.39 is 5.60 Å². The van der Waals surface area contributed by atoms with E-state index >= 15 is 0 Å². The van der Waals surface area contributed by atoms with Crippen LogP contribution < -0.4 is 10.1 Å². The molecule has 0 fully saturated rings. The van der Waals surface area contributed by atoms with Gasteiger partial charge in [0.25, 0.3) is 5.91 Å². The SMILES string of the molecule is COc1ccccc1C1=NO[C@@](C)(C(=O)Nc2cc(C)nn2C)C1. The van der Waals surface area contributed by atoms with Crippen LogP contribution in [-0.4, -0.2) is 34.1 Å². The molecule has 24 heavy (non-hydrogen) atoms. The molecule has 1 aromatic carbocycles. The maximum atomic E-state index is 12.6. The van der Waals surface area contributed by atoms with E-state index in [0.29, 0.717) is 23.7 Å². The van der Waals surface area contributed by atoms with E-state index in [-0.39, 0.29) is 5.91 Å². The molecule has 1 amide bonds. The van der Waals surface area contributed by atoms with Crippen molar-refractivity contribution in [3.63, 3.8) is 0 Å². The minimum absolute atomic E-state index is 0.265. The third-order valence-electron chi connectivity index (χ3n) is 4.00. The molecule has 3 rings (SSSR count). The highest BCUT2D eigenvalue weighted by molar-refractivity contribution is 6.09. The van der Waals surface area contributed by atoms with Crippen molar-refractivity contribution >= 4 is 17.4 Å². The monoisotopic (exact) mass is 328 g/mol. The Morgan fingerprint density at radius 3 is 2.83 bits per heavy atom. The first kappa shape index (κ1) is 16.0. The van der Waals surface area contributed by atoms with Crippen molar-refractivity contribution in [3.8, 4) is 5.75 Å². The molecular formula is C17H20N4O3. The van der Waals surface area contributed by atoms with Gasteiger partial charge in [0.1, 0.15) is 11.6 Å². The fourth-order valence-corrected chi connectivity index (χ4v) is 2.67. The van der Waals surface area contributed by atoms with Gasteiger partial charge in [0, 0.05) is 25.1 Å². The van der Waals surface area contributed by atoms with Gasteiger partial charge in [-0.25, -0.2) is 0 Å². The highest BCUT2D eigenvalue weighted by atomic mass is 16.7. The minimum atomic E-state index is -1.08. The molecule has 0 spiro atoms. The Morgan fingerprint density at radius 2 is 2.17 bits per heavy atom. The second-order valence-electron chi connectivity index (χ2n) is 5.99. The summed E-state index contributed by atoms with van der Waals surface area (Å²) in [6, 6.07) is 9.34. The van der Waals surface area contributed by atoms with Crippen molar-refractivity contribution in [3.05, 3.63) is 41.6 Å². The fourth-order valence-electron chi connectivity index (χ4n) is 2.67. The van der Waals surface area contributed by atoms with Crippen LogP contribution in [0.4, 0.5) is 5.82 Å². The lowest BCUT2D eigenvalue weighted by Crippen LogP contribution is -2.40. The number of methoxy groups -OCH3 is 1. The number of nitrogens with one attached hydrogen (secondary N) is 1. The smallest absolute Gasteiger partial charge is 0.272 e. The summed E-state index contributed by atoms with van der Waals surface area (Å²) in [5.74, 6) is 1.05. The molecule has 1 N–H and O–H groups in total. The number of hydrogen-bond acceptors (Lipinski definition) is 5. The van der Waals surface area contributed by atoms with Crippen LogP contribution in [0.25, 0.3) is 0 Å². The van der Waals surface area contributed by atoms with Gasteiger partial charge in [0.05, 0.1) is 18.5 Å². The van der Waals surface area contributed by atoms with Crippen molar-refractivity contribution in [2.45, 2.75) is 25.9 Å². The minimum Gasteiger partial charge on any atom is -0.496 e. The number of aromatic nitrogens is 2. The number of ether oxygens (including phenoxy) is 1. The molecule has 126 valence electrons. The summed E-state index contributed by atoms with van der Waals surface area (Å²) in [6.07, 6.45) is 0.357. The van der Waals surface area contributed by atoms with Gasteiger partial charge in [0.15, 0.2) is 0 Å². The maximum absolute atomic E-state index is 12.6. The van der Waals surface area contributed by atoms with Gasteiger partial charge in [-0.1, -0.05) is 17.3 Å². The maximum Gasteiger partial charge on any atom is 0.272 e. The zero-order valence-corrected chi connectivity index (χ0v) is 14.2. The molecule has 2 heterocycles. The van der Waals surface area contributed by atoms with E-state index in [9.17, 15) is 4.79 Å². The highest BCUT2D eigenvalue weighted by Crippen LogP contribution is 2.31. The Bertz CT molecular complexity index is 812. The molecule has 1 aliphatic rings. The second-order valence-corrected chi connectivity index (χ2v) is 5.99. The summed E-state index contributed by atoms with van der Waals surface area (Å²) in [4.78, 5) is 18.1. The van der Waals surface area contributed by atoms with E-state index in [4.69, 9.17) is 9.57 Å². The zero-order valence-electron chi connectivity index (χ0n) is 14.2. The quantitative estimate of drug-likeness (QED) is 0.934. The zero-order chi connectivity index (χ0) is 17.3. The Hall–Kier alpha value is -2.83. The third-order valence-corrected chi connectivity index (χ3v) is 4.00. The van der Waals surface area contributed by atoms with Crippen molar-refractivity contribution < 1.29 is 14.4 Å². The first-order valence-electron chi connectivity index (χ1n) is 7.63. The predicted octanol–water partition coefficient (Wildman–Crippen LogP) is 2.26. The lowest BCUT2D eigenvalue weighted by Gasteiger charge is -2.20.